The number of hydrogen-bond donors (Lipinski definition) is 1. The van der Waals surface area contributed by atoms with Gasteiger partial charge in [0.15, 0.2) is 6.61 Å². The number of methoxy groups -OCH3 is 2. The smallest absolute Gasteiger partial charge is 0.262 e. The van der Waals surface area contributed by atoms with Crippen LogP contribution in [0.15, 0.2) is 55.1 Å². The van der Waals surface area contributed by atoms with Crippen LogP contribution >= 0.6 is 0 Å². The van der Waals surface area contributed by atoms with Gasteiger partial charge in [0.25, 0.3) is 5.91 Å². The molecule has 5 nitrogen and oxygen atoms in total. The lowest BCUT2D eigenvalue weighted by Gasteiger charge is -2.13. The van der Waals surface area contributed by atoms with Crippen LogP contribution in [-0.4, -0.2) is 26.7 Å². The lowest BCUT2D eigenvalue weighted by Crippen LogP contribution is -2.20. The molecule has 0 aromatic heterocycles. The molecule has 126 valence electrons. The number of hydrogen-bond acceptors (Lipinski definition) is 4. The van der Waals surface area contributed by atoms with E-state index in [1.165, 1.54) is 7.11 Å². The molecular formula is C19H21NO4. The van der Waals surface area contributed by atoms with E-state index in [9.17, 15) is 4.79 Å². The molecule has 0 aliphatic heterocycles. The average molecular weight is 327 g/mol. The van der Waals surface area contributed by atoms with E-state index in [1.54, 1.807) is 31.4 Å². The van der Waals surface area contributed by atoms with Crippen LogP contribution in [0.3, 0.4) is 0 Å². The van der Waals surface area contributed by atoms with Gasteiger partial charge in [-0.15, -0.1) is 6.58 Å². The first-order valence-electron chi connectivity index (χ1n) is 7.51. The molecule has 0 fully saturated rings. The van der Waals surface area contributed by atoms with Gasteiger partial charge in [0, 0.05) is 6.07 Å². The first kappa shape index (κ1) is 17.4. The molecule has 0 atom stereocenters. The minimum atomic E-state index is -0.271. The van der Waals surface area contributed by atoms with Crippen LogP contribution in [-0.2, 0) is 11.2 Å². The number of carbonyl (C=O) groups excluding carboxylic acids is 1. The first-order chi connectivity index (χ1) is 11.7. The number of benzene rings is 2. The molecule has 0 saturated carbocycles. The Morgan fingerprint density at radius 3 is 2.62 bits per heavy atom. The zero-order valence-electron chi connectivity index (χ0n) is 13.9. The van der Waals surface area contributed by atoms with Gasteiger partial charge in [-0.25, -0.2) is 0 Å². The second-order valence-corrected chi connectivity index (χ2v) is 5.00. The third-order valence-electron chi connectivity index (χ3n) is 3.38. The minimum absolute atomic E-state index is 0.0939. The van der Waals surface area contributed by atoms with Gasteiger partial charge in [-0.05, 0) is 30.2 Å². The van der Waals surface area contributed by atoms with Crippen LogP contribution in [0.2, 0.25) is 0 Å². The van der Waals surface area contributed by atoms with Crippen molar-refractivity contribution in [1.29, 1.82) is 0 Å². The Balaban J connectivity index is 2.00. The second kappa shape index (κ2) is 8.62. The number of nitrogens with one attached hydrogen (secondary N) is 1. The van der Waals surface area contributed by atoms with Gasteiger partial charge >= 0.3 is 0 Å². The van der Waals surface area contributed by atoms with Gasteiger partial charge in [0.1, 0.15) is 17.2 Å². The summed E-state index contributed by atoms with van der Waals surface area (Å²) in [5, 5.41) is 2.77. The van der Waals surface area contributed by atoms with E-state index in [0.717, 1.165) is 5.56 Å². The Bertz CT molecular complexity index is 712. The van der Waals surface area contributed by atoms with Crippen LogP contribution < -0.4 is 19.5 Å². The fraction of sp³-hybridized carbons (Fsp3) is 0.211. The fourth-order valence-corrected chi connectivity index (χ4v) is 2.20. The maximum absolute atomic E-state index is 12.1. The molecule has 2 rings (SSSR count). The lowest BCUT2D eigenvalue weighted by atomic mass is 10.1. The highest BCUT2D eigenvalue weighted by Crippen LogP contribution is 2.29. The number of anilines is 1. The Morgan fingerprint density at radius 2 is 1.92 bits per heavy atom. The van der Waals surface area contributed by atoms with Gasteiger partial charge in [-0.3, -0.25) is 4.79 Å². The fourth-order valence-electron chi connectivity index (χ4n) is 2.20. The normalized spacial score (nSPS) is 9.92. The van der Waals surface area contributed by atoms with Crippen molar-refractivity contribution in [2.45, 2.75) is 6.42 Å². The second-order valence-electron chi connectivity index (χ2n) is 5.00. The Labute approximate surface area is 141 Å². The molecule has 0 unspecified atom stereocenters. The molecule has 2 aromatic carbocycles. The van der Waals surface area contributed by atoms with Crippen molar-refractivity contribution in [3.8, 4) is 17.2 Å². The molecule has 0 aliphatic rings. The minimum Gasteiger partial charge on any atom is -0.497 e. The molecule has 0 aliphatic carbocycles. The molecular weight excluding hydrogens is 306 g/mol. The lowest BCUT2D eigenvalue weighted by molar-refractivity contribution is -0.118. The van der Waals surface area contributed by atoms with Crippen molar-refractivity contribution >= 4 is 11.6 Å². The number of allylic oxidation sites excluding steroid dienone is 1. The molecule has 2 aromatic rings. The topological polar surface area (TPSA) is 56.8 Å². The van der Waals surface area contributed by atoms with Crippen LogP contribution in [0, 0.1) is 0 Å². The van der Waals surface area contributed by atoms with Gasteiger partial charge in [-0.1, -0.05) is 24.3 Å². The number of rotatable bonds is 8. The summed E-state index contributed by atoms with van der Waals surface area (Å²) in [4.78, 5) is 12.1. The van der Waals surface area contributed by atoms with Crippen molar-refractivity contribution in [3.63, 3.8) is 0 Å². The van der Waals surface area contributed by atoms with Crippen molar-refractivity contribution in [2.24, 2.45) is 0 Å². The summed E-state index contributed by atoms with van der Waals surface area (Å²) < 4.78 is 16.0. The number of ether oxygens (including phenoxy) is 3. The summed E-state index contributed by atoms with van der Waals surface area (Å²) in [6, 6.07) is 12.7. The summed E-state index contributed by atoms with van der Waals surface area (Å²) in [6.07, 6.45) is 2.48. The van der Waals surface area contributed by atoms with E-state index < -0.39 is 0 Å². The van der Waals surface area contributed by atoms with Crippen LogP contribution in [0.1, 0.15) is 5.56 Å². The Morgan fingerprint density at radius 1 is 1.12 bits per heavy atom. The highest BCUT2D eigenvalue weighted by atomic mass is 16.5. The summed E-state index contributed by atoms with van der Waals surface area (Å²) >= 11 is 0. The highest BCUT2D eigenvalue weighted by molar-refractivity contribution is 5.93. The molecule has 0 spiro atoms. The SMILES string of the molecule is C=CCc1ccccc1OCC(=O)Nc1ccc(OC)cc1OC. The number of carbonyl (C=O) groups is 1. The van der Waals surface area contributed by atoms with Crippen molar-refractivity contribution in [1.82, 2.24) is 0 Å². The van der Waals surface area contributed by atoms with E-state index in [2.05, 4.69) is 11.9 Å². The predicted octanol–water partition coefficient (Wildman–Crippen LogP) is 3.45. The summed E-state index contributed by atoms with van der Waals surface area (Å²) in [5.41, 5.74) is 1.55. The van der Waals surface area contributed by atoms with Crippen molar-refractivity contribution in [3.05, 3.63) is 60.7 Å². The van der Waals surface area contributed by atoms with Crippen molar-refractivity contribution in [2.75, 3.05) is 26.1 Å². The van der Waals surface area contributed by atoms with Gasteiger partial charge in [-0.2, -0.15) is 0 Å². The molecule has 1 amide bonds. The average Bonchev–Trinajstić information content (AvgIpc) is 2.61. The maximum atomic E-state index is 12.1. The summed E-state index contributed by atoms with van der Waals surface area (Å²) in [6.45, 7) is 3.63. The van der Waals surface area contributed by atoms with Crippen LogP contribution in [0.25, 0.3) is 0 Å². The largest absolute Gasteiger partial charge is 0.497 e. The van der Waals surface area contributed by atoms with Crippen LogP contribution in [0.4, 0.5) is 5.69 Å². The standard InChI is InChI=1S/C19H21NO4/c1-4-7-14-8-5-6-9-17(14)24-13-19(21)20-16-11-10-15(22-2)12-18(16)23-3/h4-6,8-12H,1,7,13H2,2-3H3,(H,20,21). The molecule has 24 heavy (non-hydrogen) atoms. The monoisotopic (exact) mass is 327 g/mol. The molecule has 5 heteroatoms. The predicted molar refractivity (Wildman–Crippen MR) is 94.0 cm³/mol. The van der Waals surface area contributed by atoms with E-state index in [-0.39, 0.29) is 12.5 Å². The zero-order valence-corrected chi connectivity index (χ0v) is 13.9. The molecule has 0 heterocycles. The van der Waals surface area contributed by atoms with E-state index in [4.69, 9.17) is 14.2 Å². The summed E-state index contributed by atoms with van der Waals surface area (Å²) in [5.74, 6) is 1.58. The third-order valence-corrected chi connectivity index (χ3v) is 3.38. The van der Waals surface area contributed by atoms with E-state index >= 15 is 0 Å². The molecule has 0 bridgehead atoms. The van der Waals surface area contributed by atoms with Gasteiger partial charge in [0.2, 0.25) is 0 Å². The maximum Gasteiger partial charge on any atom is 0.262 e. The Kier molecular flexibility index (Phi) is 6.25. The number of amides is 1. The summed E-state index contributed by atoms with van der Waals surface area (Å²) in [7, 11) is 3.11. The first-order valence-corrected chi connectivity index (χ1v) is 7.51. The Hall–Kier alpha value is -2.95. The molecule has 0 saturated heterocycles. The van der Waals surface area contributed by atoms with Crippen molar-refractivity contribution < 1.29 is 19.0 Å². The quantitative estimate of drug-likeness (QED) is 0.755. The molecule has 0 radical (unpaired) electrons. The number of para-hydroxylation sites is 1. The van der Waals surface area contributed by atoms with E-state index in [0.29, 0.717) is 29.4 Å². The van der Waals surface area contributed by atoms with Gasteiger partial charge < -0.3 is 19.5 Å². The zero-order chi connectivity index (χ0) is 17.4. The highest BCUT2D eigenvalue weighted by Gasteiger charge is 2.10. The third kappa shape index (κ3) is 4.52. The molecule has 1 N–H and O–H groups in total. The van der Waals surface area contributed by atoms with Gasteiger partial charge in [0.05, 0.1) is 19.9 Å². The van der Waals surface area contributed by atoms with Crippen LogP contribution in [0.5, 0.6) is 17.2 Å². The van der Waals surface area contributed by atoms with E-state index in [1.807, 2.05) is 24.3 Å².